The fourth-order valence-corrected chi connectivity index (χ4v) is 2.68. The summed E-state index contributed by atoms with van der Waals surface area (Å²) in [4.78, 5) is 11.3. The molecule has 0 saturated heterocycles. The summed E-state index contributed by atoms with van der Waals surface area (Å²) in [6, 6.07) is 8.83. The molecule has 6 heteroatoms. The van der Waals surface area contributed by atoms with Gasteiger partial charge in [0.1, 0.15) is 17.8 Å². The first-order valence-corrected chi connectivity index (χ1v) is 6.73. The number of hydrogen-bond acceptors (Lipinski definition) is 5. The molecule has 0 spiro atoms. The molecule has 2 aromatic rings. The summed E-state index contributed by atoms with van der Waals surface area (Å²) in [5.74, 6) is -0.982. The van der Waals surface area contributed by atoms with Crippen LogP contribution in [0, 0.1) is 0 Å². The first-order chi connectivity index (χ1) is 8.49. The minimum atomic E-state index is -3.56. The van der Waals surface area contributed by atoms with Crippen LogP contribution < -0.4 is 5.43 Å². The fraction of sp³-hybridized carbons (Fsp3) is 0.0833. The number of hydrogen-bond donors (Lipinski definition) is 1. The summed E-state index contributed by atoms with van der Waals surface area (Å²) in [5, 5.41) is 9.00. The van der Waals surface area contributed by atoms with Crippen LogP contribution in [0.1, 0.15) is 5.76 Å². The number of sulfone groups is 1. The molecule has 0 radical (unpaired) electrons. The Hall–Kier alpha value is -2.08. The van der Waals surface area contributed by atoms with Gasteiger partial charge >= 0.3 is 0 Å². The van der Waals surface area contributed by atoms with Crippen LogP contribution in [0.3, 0.4) is 0 Å². The second-order valence-electron chi connectivity index (χ2n) is 3.67. The van der Waals surface area contributed by atoms with Crippen molar-refractivity contribution in [1.29, 1.82) is 0 Å². The summed E-state index contributed by atoms with van der Waals surface area (Å²) < 4.78 is 28.8. The molecule has 18 heavy (non-hydrogen) atoms. The number of aromatic hydroxyl groups is 1. The maximum absolute atomic E-state index is 12.0. The molecule has 1 aromatic heterocycles. The Kier molecular flexibility index (Phi) is 3.20. The van der Waals surface area contributed by atoms with Crippen LogP contribution in [0.15, 0.2) is 56.8 Å². The second kappa shape index (κ2) is 4.66. The largest absolute Gasteiger partial charge is 0.502 e. The zero-order valence-electron chi connectivity index (χ0n) is 9.24. The average Bonchev–Trinajstić information content (AvgIpc) is 2.35. The van der Waals surface area contributed by atoms with Gasteiger partial charge in [0, 0.05) is 6.07 Å². The highest BCUT2D eigenvalue weighted by Gasteiger charge is 2.17. The summed E-state index contributed by atoms with van der Waals surface area (Å²) >= 11 is 0. The van der Waals surface area contributed by atoms with Gasteiger partial charge in [-0.2, -0.15) is 0 Å². The Balaban J connectivity index is 2.34. The first kappa shape index (κ1) is 12.4. The van der Waals surface area contributed by atoms with Crippen molar-refractivity contribution in [3.05, 3.63) is 58.6 Å². The standard InChI is InChI=1S/C12H10O5S/c13-11-6-9(17-7-12(11)14)8-18(15,16)10-4-2-1-3-5-10/h1-7,14H,8H2. The van der Waals surface area contributed by atoms with Crippen molar-refractivity contribution in [3.63, 3.8) is 0 Å². The molecule has 0 aliphatic carbocycles. The van der Waals surface area contributed by atoms with E-state index in [0.717, 1.165) is 12.3 Å². The van der Waals surface area contributed by atoms with Gasteiger partial charge in [-0.1, -0.05) is 18.2 Å². The molecule has 2 rings (SSSR count). The molecule has 1 heterocycles. The van der Waals surface area contributed by atoms with Crippen LogP contribution >= 0.6 is 0 Å². The van der Waals surface area contributed by atoms with E-state index < -0.39 is 26.8 Å². The molecule has 5 nitrogen and oxygen atoms in total. The Morgan fingerprint density at radius 2 is 1.83 bits per heavy atom. The van der Waals surface area contributed by atoms with Crippen LogP contribution in [-0.4, -0.2) is 13.5 Å². The van der Waals surface area contributed by atoms with Gasteiger partial charge in [0.05, 0.1) is 4.90 Å². The normalized spacial score (nSPS) is 11.3. The zero-order valence-corrected chi connectivity index (χ0v) is 10.1. The molecular formula is C12H10O5S. The third-order valence-corrected chi connectivity index (χ3v) is 3.96. The molecule has 0 bridgehead atoms. The minimum Gasteiger partial charge on any atom is -0.502 e. The molecule has 0 aliphatic rings. The molecule has 0 amide bonds. The molecule has 0 atom stereocenters. The summed E-state index contributed by atoms with van der Waals surface area (Å²) in [6.45, 7) is 0. The predicted molar refractivity (Wildman–Crippen MR) is 64.0 cm³/mol. The highest BCUT2D eigenvalue weighted by atomic mass is 32.2. The van der Waals surface area contributed by atoms with E-state index in [-0.39, 0.29) is 10.7 Å². The highest BCUT2D eigenvalue weighted by Crippen LogP contribution is 2.16. The van der Waals surface area contributed by atoms with E-state index >= 15 is 0 Å². The van der Waals surface area contributed by atoms with E-state index in [2.05, 4.69) is 0 Å². The monoisotopic (exact) mass is 266 g/mol. The summed E-state index contributed by atoms with van der Waals surface area (Å²) in [6.07, 6.45) is 0.832. The fourth-order valence-electron chi connectivity index (χ4n) is 1.42. The third-order valence-electron chi connectivity index (χ3n) is 2.30. The van der Waals surface area contributed by atoms with Gasteiger partial charge in [0.2, 0.25) is 5.43 Å². The van der Waals surface area contributed by atoms with E-state index in [1.54, 1.807) is 18.2 Å². The van der Waals surface area contributed by atoms with Crippen LogP contribution in [0.2, 0.25) is 0 Å². The van der Waals surface area contributed by atoms with Crippen molar-refractivity contribution < 1.29 is 17.9 Å². The Bertz CT molecular complexity index is 701. The predicted octanol–water partition coefficient (Wildman–Crippen LogP) is 1.32. The number of rotatable bonds is 3. The highest BCUT2D eigenvalue weighted by molar-refractivity contribution is 7.90. The zero-order chi connectivity index (χ0) is 13.2. The van der Waals surface area contributed by atoms with E-state index in [4.69, 9.17) is 9.52 Å². The average molecular weight is 266 g/mol. The van der Waals surface area contributed by atoms with E-state index in [1.807, 2.05) is 0 Å². The Morgan fingerprint density at radius 3 is 2.44 bits per heavy atom. The lowest BCUT2D eigenvalue weighted by Crippen LogP contribution is -2.07. The molecule has 0 unspecified atom stereocenters. The molecule has 94 valence electrons. The van der Waals surface area contributed by atoms with Crippen molar-refractivity contribution in [1.82, 2.24) is 0 Å². The molecule has 1 aromatic carbocycles. The van der Waals surface area contributed by atoms with Crippen LogP contribution in [0.4, 0.5) is 0 Å². The quantitative estimate of drug-likeness (QED) is 0.905. The van der Waals surface area contributed by atoms with E-state index in [1.165, 1.54) is 12.1 Å². The Labute approximate surface area is 103 Å². The first-order valence-electron chi connectivity index (χ1n) is 5.07. The van der Waals surface area contributed by atoms with Crippen LogP contribution in [0.25, 0.3) is 0 Å². The Morgan fingerprint density at radius 1 is 1.17 bits per heavy atom. The van der Waals surface area contributed by atoms with Crippen molar-refractivity contribution in [3.8, 4) is 5.75 Å². The van der Waals surface area contributed by atoms with Crippen molar-refractivity contribution >= 4 is 9.84 Å². The smallest absolute Gasteiger partial charge is 0.226 e. The third kappa shape index (κ3) is 2.60. The van der Waals surface area contributed by atoms with E-state index in [9.17, 15) is 13.2 Å². The van der Waals surface area contributed by atoms with Gasteiger partial charge in [-0.3, -0.25) is 4.79 Å². The van der Waals surface area contributed by atoms with Gasteiger partial charge in [-0.25, -0.2) is 8.42 Å². The SMILES string of the molecule is O=c1cc(CS(=O)(=O)c2ccccc2)occ1O. The molecule has 0 saturated carbocycles. The summed E-state index contributed by atoms with van der Waals surface area (Å²) in [5.41, 5.74) is -0.667. The molecule has 1 N–H and O–H groups in total. The lowest BCUT2D eigenvalue weighted by molar-refractivity contribution is 0.417. The van der Waals surface area contributed by atoms with Crippen molar-refractivity contribution in [2.24, 2.45) is 0 Å². The van der Waals surface area contributed by atoms with Gasteiger partial charge in [0.25, 0.3) is 0 Å². The topological polar surface area (TPSA) is 84.6 Å². The number of benzene rings is 1. The molecule has 0 aliphatic heterocycles. The lowest BCUT2D eigenvalue weighted by atomic mass is 10.4. The van der Waals surface area contributed by atoms with Crippen LogP contribution in [-0.2, 0) is 15.6 Å². The molecular weight excluding hydrogens is 256 g/mol. The van der Waals surface area contributed by atoms with Gasteiger partial charge in [0.15, 0.2) is 15.6 Å². The maximum Gasteiger partial charge on any atom is 0.226 e. The van der Waals surface area contributed by atoms with Crippen molar-refractivity contribution in [2.75, 3.05) is 0 Å². The second-order valence-corrected chi connectivity index (χ2v) is 5.66. The van der Waals surface area contributed by atoms with E-state index in [0.29, 0.717) is 0 Å². The van der Waals surface area contributed by atoms with Gasteiger partial charge in [-0.15, -0.1) is 0 Å². The maximum atomic E-state index is 12.0. The van der Waals surface area contributed by atoms with Crippen LogP contribution in [0.5, 0.6) is 5.75 Å². The lowest BCUT2D eigenvalue weighted by Gasteiger charge is -2.03. The van der Waals surface area contributed by atoms with Gasteiger partial charge < -0.3 is 9.52 Å². The van der Waals surface area contributed by atoms with Gasteiger partial charge in [-0.05, 0) is 12.1 Å². The minimum absolute atomic E-state index is 0.0124. The van der Waals surface area contributed by atoms with Crippen molar-refractivity contribution in [2.45, 2.75) is 10.6 Å². The summed E-state index contributed by atoms with van der Waals surface area (Å²) in [7, 11) is -3.56. The molecule has 0 fully saturated rings.